The summed E-state index contributed by atoms with van der Waals surface area (Å²) in [7, 11) is 1.72. The van der Waals surface area contributed by atoms with E-state index in [4.69, 9.17) is 15.2 Å². The van der Waals surface area contributed by atoms with Crippen molar-refractivity contribution in [1.82, 2.24) is 4.90 Å². The molecule has 0 aliphatic carbocycles. The number of rotatable bonds is 4. The molecule has 1 aliphatic rings. The summed E-state index contributed by atoms with van der Waals surface area (Å²) in [6.45, 7) is 1.51. The zero-order chi connectivity index (χ0) is 17.1. The molecule has 124 valence electrons. The molecule has 0 fully saturated rings. The molecule has 0 unspecified atom stereocenters. The van der Waals surface area contributed by atoms with Gasteiger partial charge < -0.3 is 20.1 Å². The smallest absolute Gasteiger partial charge is 0.253 e. The standard InChI is InChI=1S/C18H18N2O4/c1-20(18(22)14-5-3-13(4-6-14)17(19)21)11-12-2-7-15-16(10-12)24-9-8-23-15/h2-7,10H,8-9,11H2,1H3,(H2,19,21). The fraction of sp³-hybridized carbons (Fsp3) is 0.222. The summed E-state index contributed by atoms with van der Waals surface area (Å²) >= 11 is 0. The third-order valence-corrected chi connectivity index (χ3v) is 3.79. The number of hydrogen-bond acceptors (Lipinski definition) is 4. The number of fused-ring (bicyclic) bond motifs is 1. The topological polar surface area (TPSA) is 81.9 Å². The Labute approximate surface area is 139 Å². The van der Waals surface area contributed by atoms with E-state index in [0.29, 0.717) is 36.6 Å². The van der Waals surface area contributed by atoms with E-state index in [0.717, 1.165) is 11.3 Å². The number of hydrogen-bond donors (Lipinski definition) is 1. The second kappa shape index (κ2) is 6.62. The molecule has 2 N–H and O–H groups in total. The van der Waals surface area contributed by atoms with Crippen molar-refractivity contribution in [3.05, 3.63) is 59.2 Å². The number of carbonyl (C=O) groups is 2. The molecule has 1 aliphatic heterocycles. The first kappa shape index (κ1) is 15.9. The van der Waals surface area contributed by atoms with Gasteiger partial charge in [0.25, 0.3) is 5.91 Å². The van der Waals surface area contributed by atoms with Crippen molar-refractivity contribution in [2.45, 2.75) is 6.54 Å². The van der Waals surface area contributed by atoms with Crippen molar-refractivity contribution in [3.63, 3.8) is 0 Å². The molecule has 0 atom stereocenters. The first-order valence-electron chi connectivity index (χ1n) is 7.58. The van der Waals surface area contributed by atoms with Gasteiger partial charge in [-0.3, -0.25) is 9.59 Å². The van der Waals surface area contributed by atoms with Crippen LogP contribution in [-0.2, 0) is 6.54 Å². The maximum Gasteiger partial charge on any atom is 0.253 e. The molecule has 0 saturated carbocycles. The van der Waals surface area contributed by atoms with Crippen molar-refractivity contribution in [2.75, 3.05) is 20.3 Å². The second-order valence-electron chi connectivity index (χ2n) is 5.58. The largest absolute Gasteiger partial charge is 0.486 e. The van der Waals surface area contributed by atoms with E-state index in [9.17, 15) is 9.59 Å². The first-order chi connectivity index (χ1) is 11.5. The maximum absolute atomic E-state index is 12.5. The number of benzene rings is 2. The minimum absolute atomic E-state index is 0.138. The number of nitrogens with two attached hydrogens (primary N) is 1. The van der Waals surface area contributed by atoms with Crippen LogP contribution in [0.2, 0.25) is 0 Å². The molecular formula is C18H18N2O4. The molecule has 2 aromatic rings. The lowest BCUT2D eigenvalue weighted by Gasteiger charge is -2.21. The number of primary amides is 1. The highest BCUT2D eigenvalue weighted by Gasteiger charge is 2.15. The lowest BCUT2D eigenvalue weighted by Crippen LogP contribution is -2.26. The third kappa shape index (κ3) is 3.32. The normalized spacial score (nSPS) is 12.5. The summed E-state index contributed by atoms with van der Waals surface area (Å²) in [5, 5.41) is 0. The van der Waals surface area contributed by atoms with E-state index in [1.807, 2.05) is 18.2 Å². The van der Waals surface area contributed by atoms with Gasteiger partial charge in [-0.05, 0) is 42.0 Å². The van der Waals surface area contributed by atoms with Crippen LogP contribution in [0.15, 0.2) is 42.5 Å². The predicted octanol–water partition coefficient (Wildman–Crippen LogP) is 1.83. The molecule has 0 spiro atoms. The van der Waals surface area contributed by atoms with Crippen LogP contribution in [0.4, 0.5) is 0 Å². The van der Waals surface area contributed by atoms with Crippen LogP contribution in [0.1, 0.15) is 26.3 Å². The predicted molar refractivity (Wildman–Crippen MR) is 88.2 cm³/mol. The number of carbonyl (C=O) groups excluding carboxylic acids is 2. The molecule has 0 saturated heterocycles. The number of nitrogens with zero attached hydrogens (tertiary/aromatic N) is 1. The summed E-state index contributed by atoms with van der Waals surface area (Å²) in [6.07, 6.45) is 0. The highest BCUT2D eigenvalue weighted by atomic mass is 16.6. The Bertz CT molecular complexity index is 771. The second-order valence-corrected chi connectivity index (χ2v) is 5.58. The molecule has 6 heteroatoms. The quantitative estimate of drug-likeness (QED) is 0.929. The van der Waals surface area contributed by atoms with Crippen LogP contribution >= 0.6 is 0 Å². The lowest BCUT2D eigenvalue weighted by molar-refractivity contribution is 0.0784. The summed E-state index contributed by atoms with van der Waals surface area (Å²) in [5.74, 6) is 0.769. The van der Waals surface area contributed by atoms with Gasteiger partial charge in [0, 0.05) is 24.7 Å². The minimum Gasteiger partial charge on any atom is -0.486 e. The van der Waals surface area contributed by atoms with Crippen molar-refractivity contribution in [2.24, 2.45) is 5.73 Å². The Morgan fingerprint density at radius 2 is 1.62 bits per heavy atom. The Kier molecular flexibility index (Phi) is 4.37. The maximum atomic E-state index is 12.5. The summed E-state index contributed by atoms with van der Waals surface area (Å²) in [6, 6.07) is 11.9. The number of ether oxygens (including phenoxy) is 2. The SMILES string of the molecule is CN(Cc1ccc2c(c1)OCCO2)C(=O)c1ccc(C(N)=O)cc1. The van der Waals surface area contributed by atoms with E-state index in [-0.39, 0.29) is 5.91 Å². The van der Waals surface area contributed by atoms with Gasteiger partial charge in [-0.2, -0.15) is 0 Å². The highest BCUT2D eigenvalue weighted by molar-refractivity contribution is 5.97. The minimum atomic E-state index is -0.515. The fourth-order valence-corrected chi connectivity index (χ4v) is 2.53. The molecule has 6 nitrogen and oxygen atoms in total. The average molecular weight is 326 g/mol. The van der Waals surface area contributed by atoms with Gasteiger partial charge in [0.15, 0.2) is 11.5 Å². The molecule has 2 amide bonds. The van der Waals surface area contributed by atoms with Gasteiger partial charge in [-0.25, -0.2) is 0 Å². The van der Waals surface area contributed by atoms with Crippen LogP contribution in [0.25, 0.3) is 0 Å². The van der Waals surface area contributed by atoms with Gasteiger partial charge in [0.05, 0.1) is 0 Å². The molecule has 1 heterocycles. The van der Waals surface area contributed by atoms with E-state index in [1.54, 1.807) is 36.2 Å². The summed E-state index contributed by atoms with van der Waals surface area (Å²) in [4.78, 5) is 25.2. The molecule has 0 radical (unpaired) electrons. The lowest BCUT2D eigenvalue weighted by atomic mass is 10.1. The van der Waals surface area contributed by atoms with Crippen molar-refractivity contribution in [3.8, 4) is 11.5 Å². The van der Waals surface area contributed by atoms with Crippen LogP contribution in [-0.4, -0.2) is 37.0 Å². The van der Waals surface area contributed by atoms with Crippen molar-refractivity contribution in [1.29, 1.82) is 0 Å². The van der Waals surface area contributed by atoms with E-state index < -0.39 is 5.91 Å². The third-order valence-electron chi connectivity index (χ3n) is 3.79. The fourth-order valence-electron chi connectivity index (χ4n) is 2.53. The Hall–Kier alpha value is -3.02. The van der Waals surface area contributed by atoms with Crippen LogP contribution < -0.4 is 15.2 Å². The summed E-state index contributed by atoms with van der Waals surface area (Å²) in [5.41, 5.74) is 7.03. The van der Waals surface area contributed by atoms with Gasteiger partial charge >= 0.3 is 0 Å². The van der Waals surface area contributed by atoms with Crippen LogP contribution in [0.5, 0.6) is 11.5 Å². The van der Waals surface area contributed by atoms with Gasteiger partial charge in [-0.15, -0.1) is 0 Å². The van der Waals surface area contributed by atoms with Crippen LogP contribution in [0.3, 0.4) is 0 Å². The average Bonchev–Trinajstić information content (AvgIpc) is 2.61. The first-order valence-corrected chi connectivity index (χ1v) is 7.58. The molecular weight excluding hydrogens is 308 g/mol. The Balaban J connectivity index is 1.70. The van der Waals surface area contributed by atoms with E-state index >= 15 is 0 Å². The number of amides is 2. The van der Waals surface area contributed by atoms with Crippen molar-refractivity contribution >= 4 is 11.8 Å². The van der Waals surface area contributed by atoms with Crippen molar-refractivity contribution < 1.29 is 19.1 Å². The monoisotopic (exact) mass is 326 g/mol. The van der Waals surface area contributed by atoms with Gasteiger partial charge in [0.1, 0.15) is 13.2 Å². The van der Waals surface area contributed by atoms with E-state index in [2.05, 4.69) is 0 Å². The Morgan fingerprint density at radius 3 is 2.29 bits per heavy atom. The highest BCUT2D eigenvalue weighted by Crippen LogP contribution is 2.31. The van der Waals surface area contributed by atoms with E-state index in [1.165, 1.54) is 0 Å². The molecule has 0 bridgehead atoms. The zero-order valence-corrected chi connectivity index (χ0v) is 13.3. The molecule has 0 aromatic heterocycles. The summed E-state index contributed by atoms with van der Waals surface area (Å²) < 4.78 is 11.0. The molecule has 24 heavy (non-hydrogen) atoms. The van der Waals surface area contributed by atoms with Crippen LogP contribution in [0, 0.1) is 0 Å². The Morgan fingerprint density at radius 1 is 1.00 bits per heavy atom. The van der Waals surface area contributed by atoms with Gasteiger partial charge in [-0.1, -0.05) is 6.07 Å². The molecule has 3 rings (SSSR count). The molecule has 2 aromatic carbocycles. The zero-order valence-electron chi connectivity index (χ0n) is 13.3. The van der Waals surface area contributed by atoms with Gasteiger partial charge in [0.2, 0.25) is 5.91 Å².